The first-order valence-electron chi connectivity index (χ1n) is 7.82. The third-order valence-corrected chi connectivity index (χ3v) is 3.79. The summed E-state index contributed by atoms with van der Waals surface area (Å²) >= 11 is 0. The van der Waals surface area contributed by atoms with Gasteiger partial charge in [0.25, 0.3) is 0 Å². The highest BCUT2D eigenvalue weighted by Gasteiger charge is 2.20. The lowest BCUT2D eigenvalue weighted by Crippen LogP contribution is -2.47. The molecule has 0 atom stereocenters. The summed E-state index contributed by atoms with van der Waals surface area (Å²) in [5.41, 5.74) is 0.193. The summed E-state index contributed by atoms with van der Waals surface area (Å²) in [7, 11) is 0. The number of carboxylic acids is 1. The second-order valence-corrected chi connectivity index (χ2v) is 5.31. The number of ether oxygens (including phenoxy) is 1. The van der Waals surface area contributed by atoms with Gasteiger partial charge in [-0.2, -0.15) is 4.98 Å². The zero-order chi connectivity index (χ0) is 16.9. The first-order chi connectivity index (χ1) is 11.7. The maximum absolute atomic E-state index is 10.9. The monoisotopic (exact) mass is 329 g/mol. The third-order valence-electron chi connectivity index (χ3n) is 3.79. The van der Waals surface area contributed by atoms with Gasteiger partial charge in [-0.05, 0) is 19.1 Å². The molecule has 3 rings (SSSR count). The molecule has 1 saturated heterocycles. The quantitative estimate of drug-likeness (QED) is 0.877. The van der Waals surface area contributed by atoms with Crippen molar-refractivity contribution in [3.05, 3.63) is 36.2 Å². The molecule has 0 bridgehead atoms. The average molecular weight is 329 g/mol. The highest BCUT2D eigenvalue weighted by molar-refractivity contribution is 5.87. The van der Waals surface area contributed by atoms with E-state index in [1.54, 1.807) is 24.4 Å². The Morgan fingerprint density at radius 3 is 2.54 bits per heavy atom. The molecule has 0 aromatic carbocycles. The van der Waals surface area contributed by atoms with Gasteiger partial charge in [0.2, 0.25) is 11.8 Å². The molecule has 2 aromatic heterocycles. The normalized spacial score (nSPS) is 14.5. The van der Waals surface area contributed by atoms with E-state index in [4.69, 9.17) is 9.84 Å². The number of hydrogen-bond acceptors (Lipinski definition) is 7. The molecule has 0 saturated carbocycles. The maximum Gasteiger partial charge on any atom is 0.337 e. The Bertz CT molecular complexity index is 699. The van der Waals surface area contributed by atoms with Crippen LogP contribution in [-0.2, 0) is 0 Å². The fourth-order valence-corrected chi connectivity index (χ4v) is 2.55. The number of carbonyl (C=O) groups is 1. The fraction of sp³-hybridized carbons (Fsp3) is 0.375. The smallest absolute Gasteiger partial charge is 0.337 e. The van der Waals surface area contributed by atoms with E-state index in [0.29, 0.717) is 18.4 Å². The summed E-state index contributed by atoms with van der Waals surface area (Å²) in [5.74, 6) is 1.06. The first kappa shape index (κ1) is 16.0. The molecule has 0 unspecified atom stereocenters. The minimum absolute atomic E-state index is 0.193. The van der Waals surface area contributed by atoms with Gasteiger partial charge in [0.05, 0.1) is 12.2 Å². The Labute approximate surface area is 139 Å². The van der Waals surface area contributed by atoms with Crippen molar-refractivity contribution in [2.45, 2.75) is 6.92 Å². The number of aromatic carboxylic acids is 1. The number of carboxylic acid groups (broad SMARTS) is 1. The third kappa shape index (κ3) is 3.53. The van der Waals surface area contributed by atoms with E-state index in [-0.39, 0.29) is 5.56 Å². The summed E-state index contributed by atoms with van der Waals surface area (Å²) in [6, 6.07) is 5.06. The lowest BCUT2D eigenvalue weighted by atomic mass is 10.2. The van der Waals surface area contributed by atoms with Crippen LogP contribution in [0.2, 0.25) is 0 Å². The number of hydrogen-bond donors (Lipinski definition) is 1. The average Bonchev–Trinajstić information content (AvgIpc) is 2.62. The van der Waals surface area contributed by atoms with Crippen LogP contribution in [0.3, 0.4) is 0 Å². The second-order valence-electron chi connectivity index (χ2n) is 5.31. The molecule has 1 aliphatic rings. The van der Waals surface area contributed by atoms with Gasteiger partial charge < -0.3 is 19.6 Å². The van der Waals surface area contributed by atoms with Crippen LogP contribution in [0.1, 0.15) is 17.3 Å². The number of piperazine rings is 1. The predicted molar refractivity (Wildman–Crippen MR) is 88.8 cm³/mol. The van der Waals surface area contributed by atoms with Crippen molar-refractivity contribution in [3.63, 3.8) is 0 Å². The summed E-state index contributed by atoms with van der Waals surface area (Å²) in [5, 5.41) is 8.92. The zero-order valence-corrected chi connectivity index (χ0v) is 13.4. The van der Waals surface area contributed by atoms with Gasteiger partial charge in [-0.3, -0.25) is 0 Å². The Morgan fingerprint density at radius 2 is 1.92 bits per heavy atom. The van der Waals surface area contributed by atoms with E-state index in [0.717, 1.165) is 32.0 Å². The van der Waals surface area contributed by atoms with Crippen molar-refractivity contribution in [1.29, 1.82) is 0 Å². The maximum atomic E-state index is 10.9. The van der Waals surface area contributed by atoms with E-state index >= 15 is 0 Å². The summed E-state index contributed by atoms with van der Waals surface area (Å²) < 4.78 is 5.41. The molecule has 0 radical (unpaired) electrons. The van der Waals surface area contributed by atoms with Crippen molar-refractivity contribution in [2.75, 3.05) is 42.6 Å². The van der Waals surface area contributed by atoms with Gasteiger partial charge in [0, 0.05) is 44.6 Å². The molecule has 8 heteroatoms. The van der Waals surface area contributed by atoms with Crippen LogP contribution in [0.15, 0.2) is 30.6 Å². The SMILES string of the molecule is CCOc1ccnc(N2CCN(c3ccc(C(=O)O)cn3)CC2)n1. The Hall–Kier alpha value is -2.90. The Balaban J connectivity index is 1.63. The van der Waals surface area contributed by atoms with Crippen molar-refractivity contribution in [3.8, 4) is 5.88 Å². The standard InChI is InChI=1S/C16H19N5O3/c1-2-24-14-5-6-17-16(19-14)21-9-7-20(8-10-21)13-4-3-12(11-18-13)15(22)23/h3-6,11H,2,7-10H2,1H3,(H,22,23). The van der Waals surface area contributed by atoms with Crippen molar-refractivity contribution >= 4 is 17.7 Å². The topological polar surface area (TPSA) is 91.7 Å². The molecule has 1 fully saturated rings. The van der Waals surface area contributed by atoms with Crippen molar-refractivity contribution in [1.82, 2.24) is 15.0 Å². The summed E-state index contributed by atoms with van der Waals surface area (Å²) in [6.45, 7) is 5.55. The zero-order valence-electron chi connectivity index (χ0n) is 13.4. The highest BCUT2D eigenvalue weighted by Crippen LogP contribution is 2.18. The van der Waals surface area contributed by atoms with Gasteiger partial charge in [0.15, 0.2) is 0 Å². The van der Waals surface area contributed by atoms with E-state index in [1.807, 2.05) is 6.92 Å². The molecule has 1 aliphatic heterocycles. The second kappa shape index (κ2) is 7.12. The molecule has 0 amide bonds. The number of nitrogens with zero attached hydrogens (tertiary/aromatic N) is 5. The van der Waals surface area contributed by atoms with Crippen LogP contribution in [-0.4, -0.2) is 58.8 Å². The van der Waals surface area contributed by atoms with Crippen LogP contribution in [0.4, 0.5) is 11.8 Å². The Morgan fingerprint density at radius 1 is 1.17 bits per heavy atom. The van der Waals surface area contributed by atoms with Crippen LogP contribution >= 0.6 is 0 Å². The summed E-state index contributed by atoms with van der Waals surface area (Å²) in [6.07, 6.45) is 3.09. The minimum Gasteiger partial charge on any atom is -0.478 e. The molecule has 0 aliphatic carbocycles. The van der Waals surface area contributed by atoms with Gasteiger partial charge in [-0.25, -0.2) is 14.8 Å². The lowest BCUT2D eigenvalue weighted by molar-refractivity contribution is 0.0696. The molecule has 0 spiro atoms. The molecule has 3 heterocycles. The number of pyridine rings is 1. The van der Waals surface area contributed by atoms with Crippen molar-refractivity contribution < 1.29 is 14.6 Å². The number of rotatable bonds is 5. The van der Waals surface area contributed by atoms with E-state index in [9.17, 15) is 4.79 Å². The van der Waals surface area contributed by atoms with E-state index in [2.05, 4.69) is 24.8 Å². The van der Waals surface area contributed by atoms with Crippen LogP contribution in [0.5, 0.6) is 5.88 Å². The van der Waals surface area contributed by atoms with Gasteiger partial charge in [0.1, 0.15) is 5.82 Å². The Kier molecular flexibility index (Phi) is 4.74. The molecule has 24 heavy (non-hydrogen) atoms. The number of aromatic nitrogens is 3. The van der Waals surface area contributed by atoms with Crippen LogP contribution in [0, 0.1) is 0 Å². The lowest BCUT2D eigenvalue weighted by Gasteiger charge is -2.35. The molecular formula is C16H19N5O3. The fourth-order valence-electron chi connectivity index (χ4n) is 2.55. The van der Waals surface area contributed by atoms with Gasteiger partial charge >= 0.3 is 5.97 Å². The largest absolute Gasteiger partial charge is 0.478 e. The molecule has 1 N–H and O–H groups in total. The molecule has 8 nitrogen and oxygen atoms in total. The first-order valence-corrected chi connectivity index (χ1v) is 7.82. The summed E-state index contributed by atoms with van der Waals surface area (Å²) in [4.78, 5) is 28.1. The predicted octanol–water partition coefficient (Wildman–Crippen LogP) is 1.30. The van der Waals surface area contributed by atoms with Crippen molar-refractivity contribution in [2.24, 2.45) is 0 Å². The highest BCUT2D eigenvalue weighted by atomic mass is 16.5. The number of anilines is 2. The van der Waals surface area contributed by atoms with E-state index in [1.165, 1.54) is 6.20 Å². The van der Waals surface area contributed by atoms with Crippen LogP contribution in [0.25, 0.3) is 0 Å². The van der Waals surface area contributed by atoms with Gasteiger partial charge in [-0.15, -0.1) is 0 Å². The molecule has 126 valence electrons. The van der Waals surface area contributed by atoms with Crippen LogP contribution < -0.4 is 14.5 Å². The molecule has 2 aromatic rings. The van der Waals surface area contributed by atoms with Gasteiger partial charge in [-0.1, -0.05) is 0 Å². The molecular weight excluding hydrogens is 310 g/mol. The van der Waals surface area contributed by atoms with E-state index < -0.39 is 5.97 Å². The minimum atomic E-state index is -0.967.